The Kier molecular flexibility index (Phi) is 5.49. The van der Waals surface area contributed by atoms with Crippen molar-refractivity contribution in [2.75, 3.05) is 5.32 Å². The van der Waals surface area contributed by atoms with E-state index in [9.17, 15) is 9.59 Å². The zero-order chi connectivity index (χ0) is 15.8. The number of carbonyl (C=O) groups is 2. The molecule has 0 aromatic heterocycles. The molecule has 0 saturated heterocycles. The van der Waals surface area contributed by atoms with Gasteiger partial charge in [-0.2, -0.15) is 0 Å². The third-order valence-corrected chi connectivity index (χ3v) is 2.91. The predicted octanol–water partition coefficient (Wildman–Crippen LogP) is 3.27. The Morgan fingerprint density at radius 1 is 1.00 bits per heavy atom. The summed E-state index contributed by atoms with van der Waals surface area (Å²) >= 11 is 0. The molecule has 0 radical (unpaired) electrons. The molecule has 2 rings (SSSR count). The van der Waals surface area contributed by atoms with E-state index in [0.717, 1.165) is 5.56 Å². The molecular weight excluding hydrogens is 278 g/mol. The van der Waals surface area contributed by atoms with Crippen LogP contribution in [0, 0.1) is 0 Å². The first-order valence-electron chi connectivity index (χ1n) is 6.95. The number of amides is 1. The largest absolute Gasteiger partial charge is 0.449 e. The Hall–Kier alpha value is -2.88. The topological polar surface area (TPSA) is 55.4 Å². The lowest BCUT2D eigenvalue weighted by molar-refractivity contribution is -0.148. The summed E-state index contributed by atoms with van der Waals surface area (Å²) in [5, 5.41) is 2.68. The smallest absolute Gasteiger partial charge is 0.331 e. The van der Waals surface area contributed by atoms with E-state index in [-0.39, 0.29) is 5.91 Å². The molecule has 112 valence electrons. The van der Waals surface area contributed by atoms with Gasteiger partial charge >= 0.3 is 5.97 Å². The van der Waals surface area contributed by atoms with Crippen molar-refractivity contribution in [3.05, 3.63) is 72.3 Å². The van der Waals surface area contributed by atoms with Crippen LogP contribution in [0.5, 0.6) is 0 Å². The fourth-order valence-electron chi connectivity index (χ4n) is 1.76. The zero-order valence-corrected chi connectivity index (χ0v) is 12.2. The van der Waals surface area contributed by atoms with Gasteiger partial charge in [-0.25, -0.2) is 4.79 Å². The number of rotatable bonds is 5. The molecule has 0 spiro atoms. The van der Waals surface area contributed by atoms with E-state index in [4.69, 9.17) is 4.74 Å². The van der Waals surface area contributed by atoms with Gasteiger partial charge in [0.05, 0.1) is 0 Å². The van der Waals surface area contributed by atoms with Gasteiger partial charge in [0.25, 0.3) is 5.91 Å². The predicted molar refractivity (Wildman–Crippen MR) is 86.1 cm³/mol. The number of nitrogens with one attached hydrogen (secondary N) is 1. The Labute approximate surface area is 129 Å². The quantitative estimate of drug-likeness (QED) is 0.680. The highest BCUT2D eigenvalue weighted by atomic mass is 16.5. The van der Waals surface area contributed by atoms with Crippen LogP contribution in [0.4, 0.5) is 5.69 Å². The molecule has 0 heterocycles. The highest BCUT2D eigenvalue weighted by Gasteiger charge is 2.16. The Balaban J connectivity index is 1.85. The van der Waals surface area contributed by atoms with E-state index in [1.165, 1.54) is 13.0 Å². The van der Waals surface area contributed by atoms with Gasteiger partial charge in [0.15, 0.2) is 6.10 Å². The van der Waals surface area contributed by atoms with E-state index in [0.29, 0.717) is 5.69 Å². The third kappa shape index (κ3) is 4.90. The van der Waals surface area contributed by atoms with E-state index >= 15 is 0 Å². The van der Waals surface area contributed by atoms with Crippen molar-refractivity contribution >= 4 is 23.6 Å². The first-order chi connectivity index (χ1) is 10.6. The maximum Gasteiger partial charge on any atom is 0.331 e. The molecule has 2 aromatic rings. The maximum atomic E-state index is 11.9. The van der Waals surface area contributed by atoms with Gasteiger partial charge in [-0.15, -0.1) is 0 Å². The molecule has 1 unspecified atom stereocenters. The van der Waals surface area contributed by atoms with Crippen molar-refractivity contribution in [1.82, 2.24) is 0 Å². The zero-order valence-electron chi connectivity index (χ0n) is 12.2. The van der Waals surface area contributed by atoms with E-state index in [1.807, 2.05) is 48.5 Å². The number of hydrogen-bond acceptors (Lipinski definition) is 3. The molecule has 1 amide bonds. The van der Waals surface area contributed by atoms with Crippen molar-refractivity contribution in [2.24, 2.45) is 0 Å². The second-order valence-corrected chi connectivity index (χ2v) is 4.68. The lowest BCUT2D eigenvalue weighted by atomic mass is 10.2. The van der Waals surface area contributed by atoms with Crippen molar-refractivity contribution in [2.45, 2.75) is 13.0 Å². The molecule has 0 aliphatic carbocycles. The molecule has 0 fully saturated rings. The average molecular weight is 295 g/mol. The van der Waals surface area contributed by atoms with Gasteiger partial charge in [0.2, 0.25) is 0 Å². The Morgan fingerprint density at radius 3 is 2.23 bits per heavy atom. The Bertz CT molecular complexity index is 651. The number of anilines is 1. The van der Waals surface area contributed by atoms with E-state index in [2.05, 4.69) is 5.32 Å². The number of esters is 1. The van der Waals surface area contributed by atoms with Crippen LogP contribution in [0.15, 0.2) is 66.7 Å². The van der Waals surface area contributed by atoms with Gasteiger partial charge in [0.1, 0.15) is 0 Å². The van der Waals surface area contributed by atoms with E-state index in [1.54, 1.807) is 18.2 Å². The molecule has 2 aromatic carbocycles. The second-order valence-electron chi connectivity index (χ2n) is 4.68. The summed E-state index contributed by atoms with van der Waals surface area (Å²) in [6.07, 6.45) is 2.08. The molecule has 4 nitrogen and oxygen atoms in total. The number of hydrogen-bond donors (Lipinski definition) is 1. The monoisotopic (exact) mass is 295 g/mol. The first kappa shape index (κ1) is 15.5. The minimum absolute atomic E-state index is 0.368. The van der Waals surface area contributed by atoms with Crippen molar-refractivity contribution in [3.8, 4) is 0 Å². The second kappa shape index (κ2) is 7.78. The molecule has 1 N–H and O–H groups in total. The molecule has 0 saturated carbocycles. The molecule has 0 bridgehead atoms. The third-order valence-electron chi connectivity index (χ3n) is 2.91. The minimum atomic E-state index is -0.867. The standard InChI is InChI=1S/C18H17NO3/c1-14(18(21)19-16-10-6-3-7-11-16)22-17(20)13-12-15-8-4-2-5-9-15/h2-14H,1H3,(H,19,21)/b13-12+. The summed E-state index contributed by atoms with van der Waals surface area (Å²) in [4.78, 5) is 23.6. The van der Waals surface area contributed by atoms with Crippen LogP contribution in [0.3, 0.4) is 0 Å². The maximum absolute atomic E-state index is 11.9. The van der Waals surface area contributed by atoms with Gasteiger partial charge < -0.3 is 10.1 Å². The minimum Gasteiger partial charge on any atom is -0.449 e. The summed E-state index contributed by atoms with van der Waals surface area (Å²) in [5.74, 6) is -0.924. The lowest BCUT2D eigenvalue weighted by Crippen LogP contribution is -2.29. The van der Waals surface area contributed by atoms with Crippen molar-refractivity contribution in [3.63, 3.8) is 0 Å². The van der Waals surface area contributed by atoms with Crippen LogP contribution in [0.2, 0.25) is 0 Å². The van der Waals surface area contributed by atoms with Crippen molar-refractivity contribution < 1.29 is 14.3 Å². The SMILES string of the molecule is CC(OC(=O)/C=C/c1ccccc1)C(=O)Nc1ccccc1. The van der Waals surface area contributed by atoms with Crippen molar-refractivity contribution in [1.29, 1.82) is 0 Å². The fraction of sp³-hybridized carbons (Fsp3) is 0.111. The highest BCUT2D eigenvalue weighted by molar-refractivity contribution is 5.96. The molecular formula is C18H17NO3. The summed E-state index contributed by atoms with van der Waals surface area (Å²) in [5.41, 5.74) is 1.55. The molecule has 0 aliphatic rings. The van der Waals surface area contributed by atoms with Crippen LogP contribution in [0.1, 0.15) is 12.5 Å². The van der Waals surface area contributed by atoms with Crippen LogP contribution >= 0.6 is 0 Å². The summed E-state index contributed by atoms with van der Waals surface area (Å²) in [7, 11) is 0. The molecule has 0 aliphatic heterocycles. The van der Waals surface area contributed by atoms with Crippen LogP contribution in [-0.4, -0.2) is 18.0 Å². The van der Waals surface area contributed by atoms with Gasteiger partial charge in [-0.05, 0) is 30.7 Å². The number of ether oxygens (including phenoxy) is 1. The number of para-hydroxylation sites is 1. The normalized spacial score (nSPS) is 11.9. The summed E-state index contributed by atoms with van der Waals surface area (Å²) in [6.45, 7) is 1.53. The fourth-order valence-corrected chi connectivity index (χ4v) is 1.76. The van der Waals surface area contributed by atoms with Crippen LogP contribution in [0.25, 0.3) is 6.08 Å². The molecule has 22 heavy (non-hydrogen) atoms. The van der Waals surface area contributed by atoms with Gasteiger partial charge in [-0.1, -0.05) is 48.5 Å². The first-order valence-corrected chi connectivity index (χ1v) is 6.95. The average Bonchev–Trinajstić information content (AvgIpc) is 2.55. The van der Waals surface area contributed by atoms with Crippen LogP contribution in [-0.2, 0) is 14.3 Å². The van der Waals surface area contributed by atoms with Crippen LogP contribution < -0.4 is 5.32 Å². The van der Waals surface area contributed by atoms with Gasteiger partial charge in [-0.3, -0.25) is 4.79 Å². The lowest BCUT2D eigenvalue weighted by Gasteiger charge is -2.12. The number of carbonyl (C=O) groups excluding carboxylic acids is 2. The summed E-state index contributed by atoms with van der Waals surface area (Å²) < 4.78 is 5.07. The number of benzene rings is 2. The highest BCUT2D eigenvalue weighted by Crippen LogP contribution is 2.07. The Morgan fingerprint density at radius 2 is 1.59 bits per heavy atom. The summed E-state index contributed by atoms with van der Waals surface area (Å²) in [6, 6.07) is 18.4. The molecule has 4 heteroatoms. The van der Waals surface area contributed by atoms with Gasteiger partial charge in [0, 0.05) is 11.8 Å². The molecule has 1 atom stereocenters. The van der Waals surface area contributed by atoms with E-state index < -0.39 is 12.1 Å².